The Morgan fingerprint density at radius 3 is 2.88 bits per heavy atom. The van der Waals surface area contributed by atoms with Gasteiger partial charge in [0.05, 0.1) is 5.57 Å². The molecule has 0 aliphatic carbocycles. The third-order valence-electron chi connectivity index (χ3n) is 3.70. The molecule has 0 radical (unpaired) electrons. The Hall–Kier alpha value is -2.61. The number of tetrazole rings is 1. The van der Waals surface area contributed by atoms with Gasteiger partial charge in [-0.15, -0.1) is 11.8 Å². The first kappa shape index (κ1) is 16.3. The van der Waals surface area contributed by atoms with Crippen molar-refractivity contribution >= 4 is 23.7 Å². The zero-order valence-corrected chi connectivity index (χ0v) is 14.2. The van der Waals surface area contributed by atoms with E-state index < -0.39 is 12.0 Å². The van der Waals surface area contributed by atoms with Crippen molar-refractivity contribution in [1.82, 2.24) is 20.2 Å². The number of carbonyl (C=O) groups excluding carboxylic acids is 1. The highest BCUT2D eigenvalue weighted by atomic mass is 32.2. The van der Waals surface area contributed by atoms with Crippen LogP contribution in [0.15, 0.2) is 53.1 Å². The summed E-state index contributed by atoms with van der Waals surface area (Å²) in [5, 5.41) is 14.7. The summed E-state index contributed by atoms with van der Waals surface area (Å²) in [6.07, 6.45) is 3.55. The molecule has 0 amide bonds. The molecule has 124 valence electrons. The lowest BCUT2D eigenvalue weighted by Crippen LogP contribution is -2.29. The van der Waals surface area contributed by atoms with Crippen LogP contribution in [0.1, 0.15) is 18.5 Å². The molecule has 1 aromatic heterocycles. The van der Waals surface area contributed by atoms with Crippen LogP contribution < -0.4 is 5.32 Å². The van der Waals surface area contributed by atoms with Crippen molar-refractivity contribution in [1.29, 1.82) is 0 Å². The van der Waals surface area contributed by atoms with Crippen molar-refractivity contribution in [3.63, 3.8) is 0 Å². The van der Waals surface area contributed by atoms with Crippen LogP contribution >= 0.6 is 11.8 Å². The van der Waals surface area contributed by atoms with Gasteiger partial charge in [0.25, 0.3) is 0 Å². The van der Waals surface area contributed by atoms with E-state index in [0.717, 1.165) is 10.5 Å². The van der Waals surface area contributed by atoms with Crippen molar-refractivity contribution in [2.45, 2.75) is 17.9 Å². The molecular weight excluding hydrogens is 326 g/mol. The Morgan fingerprint density at radius 1 is 1.46 bits per heavy atom. The number of aromatic nitrogens is 4. The number of hydrogen-bond donors (Lipinski definition) is 1. The lowest BCUT2D eigenvalue weighted by Gasteiger charge is -2.27. The van der Waals surface area contributed by atoms with Crippen LogP contribution in [0.2, 0.25) is 0 Å². The van der Waals surface area contributed by atoms with E-state index in [4.69, 9.17) is 4.74 Å². The summed E-state index contributed by atoms with van der Waals surface area (Å²) in [5.74, 6) is 0.0757. The predicted molar refractivity (Wildman–Crippen MR) is 91.7 cm³/mol. The Morgan fingerprint density at radius 2 is 2.21 bits per heavy atom. The first-order valence-electron chi connectivity index (χ1n) is 7.33. The molecule has 1 N–H and O–H groups in total. The molecule has 1 atom stereocenters. The third kappa shape index (κ3) is 2.92. The average Bonchev–Trinajstić information content (AvgIpc) is 3.06. The molecule has 24 heavy (non-hydrogen) atoms. The molecule has 0 saturated heterocycles. The Labute approximate surface area is 143 Å². The van der Waals surface area contributed by atoms with Crippen molar-refractivity contribution in [3.05, 3.63) is 53.8 Å². The zero-order chi connectivity index (χ0) is 17.1. The highest BCUT2D eigenvalue weighted by Crippen LogP contribution is 2.35. The van der Waals surface area contributed by atoms with Crippen LogP contribution in [0.25, 0.3) is 0 Å². The topological polar surface area (TPSA) is 81.9 Å². The lowest BCUT2D eigenvalue weighted by molar-refractivity contribution is -0.138. The monoisotopic (exact) mass is 343 g/mol. The number of esters is 1. The van der Waals surface area contributed by atoms with Gasteiger partial charge >= 0.3 is 5.97 Å². The van der Waals surface area contributed by atoms with Gasteiger partial charge in [-0.3, -0.25) is 0 Å². The number of carbonyl (C=O) groups is 1. The van der Waals surface area contributed by atoms with Crippen LogP contribution in [0.4, 0.5) is 5.95 Å². The largest absolute Gasteiger partial charge is 0.458 e. The second kappa shape index (κ2) is 6.88. The first-order chi connectivity index (χ1) is 11.7. The number of thioether (sulfide) groups is 1. The number of nitrogens with one attached hydrogen (secondary N) is 1. The van der Waals surface area contributed by atoms with Crippen LogP contribution in [-0.2, 0) is 9.53 Å². The molecule has 8 heteroatoms. The molecule has 0 fully saturated rings. The number of rotatable bonds is 5. The third-order valence-corrected chi connectivity index (χ3v) is 4.44. The Bertz CT molecular complexity index is 797. The summed E-state index contributed by atoms with van der Waals surface area (Å²) in [4.78, 5) is 13.7. The van der Waals surface area contributed by atoms with Gasteiger partial charge in [-0.1, -0.05) is 29.9 Å². The fourth-order valence-corrected chi connectivity index (χ4v) is 2.99. The quantitative estimate of drug-likeness (QED) is 0.507. The minimum Gasteiger partial charge on any atom is -0.458 e. The van der Waals surface area contributed by atoms with E-state index in [1.54, 1.807) is 16.4 Å². The SMILES string of the molecule is C=CCOC(=O)C1=C(C)Nc2nnnn2C1c1ccc(SC)cc1. The van der Waals surface area contributed by atoms with E-state index in [-0.39, 0.29) is 6.61 Å². The molecule has 1 aromatic carbocycles. The summed E-state index contributed by atoms with van der Waals surface area (Å²) >= 11 is 1.66. The van der Waals surface area contributed by atoms with E-state index >= 15 is 0 Å². The van der Waals surface area contributed by atoms with Crippen LogP contribution in [0.3, 0.4) is 0 Å². The summed E-state index contributed by atoms with van der Waals surface area (Å²) in [6.45, 7) is 5.53. The second-order valence-corrected chi connectivity index (χ2v) is 6.05. The lowest BCUT2D eigenvalue weighted by atomic mass is 9.96. The number of ether oxygens (including phenoxy) is 1. The average molecular weight is 343 g/mol. The van der Waals surface area contributed by atoms with Crippen molar-refractivity contribution in [2.75, 3.05) is 18.2 Å². The zero-order valence-electron chi connectivity index (χ0n) is 13.4. The van der Waals surface area contributed by atoms with E-state index in [0.29, 0.717) is 17.2 Å². The number of anilines is 1. The highest BCUT2D eigenvalue weighted by Gasteiger charge is 2.34. The summed E-state index contributed by atoms with van der Waals surface area (Å²) in [5.41, 5.74) is 2.06. The molecule has 7 nitrogen and oxygen atoms in total. The van der Waals surface area contributed by atoms with Gasteiger partial charge < -0.3 is 10.1 Å². The number of benzene rings is 1. The minimum absolute atomic E-state index is 0.149. The van der Waals surface area contributed by atoms with Gasteiger partial charge in [0.2, 0.25) is 5.95 Å². The van der Waals surface area contributed by atoms with E-state index in [1.165, 1.54) is 6.08 Å². The predicted octanol–water partition coefficient (Wildman–Crippen LogP) is 2.41. The summed E-state index contributed by atoms with van der Waals surface area (Å²) in [6, 6.07) is 7.52. The van der Waals surface area contributed by atoms with Crippen LogP contribution in [0.5, 0.6) is 0 Å². The first-order valence-corrected chi connectivity index (χ1v) is 8.55. The number of allylic oxidation sites excluding steroid dienone is 1. The van der Waals surface area contributed by atoms with Gasteiger partial charge in [-0.25, -0.2) is 4.79 Å². The maximum atomic E-state index is 12.6. The molecule has 0 spiro atoms. The molecular formula is C16H17N5O2S. The Balaban J connectivity index is 2.06. The van der Waals surface area contributed by atoms with E-state index in [9.17, 15) is 4.79 Å². The molecule has 1 aliphatic rings. The number of nitrogens with zero attached hydrogens (tertiary/aromatic N) is 4. The minimum atomic E-state index is -0.440. The normalized spacial score (nSPS) is 16.3. The molecule has 2 heterocycles. The van der Waals surface area contributed by atoms with Gasteiger partial charge in [0, 0.05) is 10.6 Å². The molecule has 1 unspecified atom stereocenters. The van der Waals surface area contributed by atoms with Crippen molar-refractivity contribution in [2.24, 2.45) is 0 Å². The van der Waals surface area contributed by atoms with Gasteiger partial charge in [-0.05, 0) is 41.3 Å². The molecule has 0 saturated carbocycles. The van der Waals surface area contributed by atoms with Gasteiger partial charge in [-0.2, -0.15) is 4.68 Å². The molecule has 2 aromatic rings. The maximum Gasteiger partial charge on any atom is 0.338 e. The molecule has 1 aliphatic heterocycles. The van der Waals surface area contributed by atoms with E-state index in [2.05, 4.69) is 27.4 Å². The van der Waals surface area contributed by atoms with Crippen molar-refractivity contribution < 1.29 is 9.53 Å². The van der Waals surface area contributed by atoms with E-state index in [1.807, 2.05) is 37.4 Å². The van der Waals surface area contributed by atoms with Crippen LogP contribution in [-0.4, -0.2) is 39.0 Å². The smallest absolute Gasteiger partial charge is 0.338 e. The maximum absolute atomic E-state index is 12.6. The second-order valence-electron chi connectivity index (χ2n) is 5.17. The highest BCUT2D eigenvalue weighted by molar-refractivity contribution is 7.98. The fourth-order valence-electron chi connectivity index (χ4n) is 2.58. The van der Waals surface area contributed by atoms with Gasteiger partial charge in [0.15, 0.2) is 0 Å². The number of fused-ring (bicyclic) bond motifs is 1. The standard InChI is InChI=1S/C16H17N5O2S/c1-4-9-23-15(22)13-10(2)17-16-18-19-20-21(16)14(13)11-5-7-12(24-3)8-6-11/h4-8,14H,1,9H2,2-3H3,(H,17,18,20). The number of hydrogen-bond acceptors (Lipinski definition) is 7. The summed E-state index contributed by atoms with van der Waals surface area (Å²) in [7, 11) is 0. The van der Waals surface area contributed by atoms with Crippen LogP contribution in [0, 0.1) is 0 Å². The van der Waals surface area contributed by atoms with Gasteiger partial charge in [0.1, 0.15) is 12.6 Å². The molecule has 0 bridgehead atoms. The van der Waals surface area contributed by atoms with Crippen molar-refractivity contribution in [3.8, 4) is 0 Å². The molecule has 3 rings (SSSR count). The Kier molecular flexibility index (Phi) is 4.66. The fraction of sp³-hybridized carbons (Fsp3) is 0.250. The summed E-state index contributed by atoms with van der Waals surface area (Å²) < 4.78 is 6.84.